The van der Waals surface area contributed by atoms with Gasteiger partial charge >= 0.3 is 5.97 Å². The van der Waals surface area contributed by atoms with E-state index < -0.39 is 22.9 Å². The van der Waals surface area contributed by atoms with Gasteiger partial charge in [0, 0.05) is 11.3 Å². The van der Waals surface area contributed by atoms with Crippen LogP contribution in [0.15, 0.2) is 30.3 Å². The minimum Gasteiger partial charge on any atom is -0.479 e. The number of carboxylic acids is 1. The van der Waals surface area contributed by atoms with Gasteiger partial charge in [-0.1, -0.05) is 71.9 Å². The minimum atomic E-state index is -1.84. The fraction of sp³-hybridized carbons (Fsp3) is 0.588. The highest BCUT2D eigenvalue weighted by molar-refractivity contribution is 5.80. The predicted molar refractivity (Wildman–Crippen MR) is 80.7 cm³/mol. The van der Waals surface area contributed by atoms with Gasteiger partial charge in [-0.25, -0.2) is 4.79 Å². The molecule has 0 amide bonds. The Morgan fingerprint density at radius 2 is 1.45 bits per heavy atom. The summed E-state index contributed by atoms with van der Waals surface area (Å²) in [4.78, 5) is 11.9. The van der Waals surface area contributed by atoms with E-state index in [0.29, 0.717) is 0 Å². The molecular weight excluding hydrogens is 252 g/mol. The van der Waals surface area contributed by atoms with E-state index in [0.717, 1.165) is 5.56 Å². The van der Waals surface area contributed by atoms with Gasteiger partial charge in [0.2, 0.25) is 0 Å². The Morgan fingerprint density at radius 1 is 1.00 bits per heavy atom. The van der Waals surface area contributed by atoms with Crippen LogP contribution in [0.3, 0.4) is 0 Å². The zero-order chi connectivity index (χ0) is 15.8. The van der Waals surface area contributed by atoms with E-state index in [2.05, 4.69) is 0 Å². The molecule has 0 aliphatic carbocycles. The van der Waals surface area contributed by atoms with E-state index in [9.17, 15) is 15.0 Å². The number of carbonyl (C=O) groups is 1. The van der Waals surface area contributed by atoms with Crippen LogP contribution < -0.4 is 0 Å². The standard InChI is InChI=1S/C17H26O3/c1-15(2,3)13(12-10-8-7-9-11-12)17(20,14(18)19)16(4,5)6/h7-11,13,20H,1-6H3,(H,18,19). The molecule has 0 bridgehead atoms. The van der Waals surface area contributed by atoms with Crippen molar-refractivity contribution in [2.45, 2.75) is 53.1 Å². The molecule has 3 nitrogen and oxygen atoms in total. The third kappa shape index (κ3) is 2.88. The van der Waals surface area contributed by atoms with Gasteiger partial charge < -0.3 is 10.2 Å². The fourth-order valence-corrected chi connectivity index (χ4v) is 2.89. The van der Waals surface area contributed by atoms with Crippen LogP contribution in [0.25, 0.3) is 0 Å². The molecule has 0 aliphatic rings. The van der Waals surface area contributed by atoms with Gasteiger partial charge in [0.1, 0.15) is 0 Å². The van der Waals surface area contributed by atoms with Gasteiger partial charge in [-0.3, -0.25) is 0 Å². The Balaban J connectivity index is 3.56. The predicted octanol–water partition coefficient (Wildman–Crippen LogP) is 3.68. The number of rotatable bonds is 3. The van der Waals surface area contributed by atoms with Crippen molar-refractivity contribution in [1.82, 2.24) is 0 Å². The molecule has 0 heterocycles. The van der Waals surface area contributed by atoms with E-state index in [4.69, 9.17) is 0 Å². The van der Waals surface area contributed by atoms with Gasteiger partial charge in [0.25, 0.3) is 0 Å². The molecule has 0 radical (unpaired) electrons. The minimum absolute atomic E-state index is 0.387. The maximum Gasteiger partial charge on any atom is 0.336 e. The zero-order valence-corrected chi connectivity index (χ0v) is 13.3. The van der Waals surface area contributed by atoms with E-state index >= 15 is 0 Å². The average molecular weight is 278 g/mol. The molecule has 2 N–H and O–H groups in total. The largest absolute Gasteiger partial charge is 0.479 e. The van der Waals surface area contributed by atoms with Crippen LogP contribution in [0, 0.1) is 10.8 Å². The molecule has 0 spiro atoms. The first-order chi connectivity index (χ1) is 8.92. The van der Waals surface area contributed by atoms with Crippen molar-refractivity contribution in [2.24, 2.45) is 10.8 Å². The number of hydrogen-bond acceptors (Lipinski definition) is 2. The summed E-state index contributed by atoms with van der Waals surface area (Å²) in [5.74, 6) is -1.68. The molecular formula is C17H26O3. The van der Waals surface area contributed by atoms with E-state index in [-0.39, 0.29) is 5.41 Å². The highest BCUT2D eigenvalue weighted by Crippen LogP contribution is 2.50. The number of hydrogen-bond donors (Lipinski definition) is 2. The molecule has 3 heteroatoms. The highest BCUT2D eigenvalue weighted by atomic mass is 16.4. The third-order valence-corrected chi connectivity index (χ3v) is 3.89. The Labute approximate surface area is 121 Å². The SMILES string of the molecule is CC(C)(C)C(c1ccccc1)C(O)(C(=O)O)C(C)(C)C. The van der Waals surface area contributed by atoms with Crippen LogP contribution in [0.5, 0.6) is 0 Å². The average Bonchev–Trinajstić information content (AvgIpc) is 2.26. The van der Waals surface area contributed by atoms with Crippen molar-refractivity contribution in [3.8, 4) is 0 Å². The van der Waals surface area contributed by atoms with E-state index in [1.165, 1.54) is 0 Å². The van der Waals surface area contributed by atoms with Gasteiger partial charge in [-0.05, 0) is 11.0 Å². The lowest BCUT2D eigenvalue weighted by molar-refractivity contribution is -0.181. The number of benzene rings is 1. The smallest absolute Gasteiger partial charge is 0.336 e. The summed E-state index contributed by atoms with van der Waals surface area (Å²) in [6.45, 7) is 11.2. The fourth-order valence-electron chi connectivity index (χ4n) is 2.89. The molecule has 1 rings (SSSR count). The summed E-state index contributed by atoms with van der Waals surface area (Å²) in [5, 5.41) is 20.8. The van der Waals surface area contributed by atoms with E-state index in [1.807, 2.05) is 51.1 Å². The Bertz CT molecular complexity index is 465. The Hall–Kier alpha value is -1.35. The maximum absolute atomic E-state index is 11.9. The van der Waals surface area contributed by atoms with Gasteiger partial charge in [0.15, 0.2) is 5.60 Å². The molecule has 0 saturated carbocycles. The summed E-state index contributed by atoms with van der Waals surface area (Å²) in [6.07, 6.45) is 0. The lowest BCUT2D eigenvalue weighted by Gasteiger charge is -2.48. The lowest BCUT2D eigenvalue weighted by Crippen LogP contribution is -2.57. The van der Waals surface area contributed by atoms with Gasteiger partial charge in [-0.2, -0.15) is 0 Å². The molecule has 0 fully saturated rings. The first-order valence-electron chi connectivity index (χ1n) is 6.93. The first-order valence-corrected chi connectivity index (χ1v) is 6.93. The molecule has 0 aromatic heterocycles. The van der Waals surface area contributed by atoms with Crippen LogP contribution in [0.4, 0.5) is 0 Å². The second kappa shape index (κ2) is 5.21. The summed E-state index contributed by atoms with van der Waals surface area (Å²) in [7, 11) is 0. The van der Waals surface area contributed by atoms with Crippen LogP contribution in [-0.2, 0) is 4.79 Å². The maximum atomic E-state index is 11.9. The van der Waals surface area contributed by atoms with Crippen molar-refractivity contribution >= 4 is 5.97 Å². The van der Waals surface area contributed by atoms with Gasteiger partial charge in [-0.15, -0.1) is 0 Å². The molecule has 1 aromatic carbocycles. The molecule has 0 aliphatic heterocycles. The topological polar surface area (TPSA) is 57.5 Å². The van der Waals surface area contributed by atoms with Crippen molar-refractivity contribution in [3.05, 3.63) is 35.9 Å². The Morgan fingerprint density at radius 3 is 1.75 bits per heavy atom. The quantitative estimate of drug-likeness (QED) is 0.886. The van der Waals surface area contributed by atoms with Gasteiger partial charge in [0.05, 0.1) is 0 Å². The summed E-state index contributed by atoms with van der Waals surface area (Å²) < 4.78 is 0. The molecule has 20 heavy (non-hydrogen) atoms. The molecule has 2 atom stereocenters. The molecule has 2 unspecified atom stereocenters. The van der Waals surface area contributed by atoms with E-state index in [1.54, 1.807) is 20.8 Å². The van der Waals surface area contributed by atoms with Crippen molar-refractivity contribution < 1.29 is 15.0 Å². The Kier molecular flexibility index (Phi) is 4.35. The van der Waals surface area contributed by atoms with Crippen molar-refractivity contribution in [1.29, 1.82) is 0 Å². The summed E-state index contributed by atoms with van der Waals surface area (Å²) >= 11 is 0. The monoisotopic (exact) mass is 278 g/mol. The van der Waals surface area contributed by atoms with Crippen LogP contribution in [-0.4, -0.2) is 21.8 Å². The van der Waals surface area contributed by atoms with Crippen molar-refractivity contribution in [2.75, 3.05) is 0 Å². The summed E-state index contributed by atoms with van der Waals surface area (Å²) in [6, 6.07) is 9.41. The lowest BCUT2D eigenvalue weighted by atomic mass is 9.59. The van der Waals surface area contributed by atoms with Crippen LogP contribution >= 0.6 is 0 Å². The third-order valence-electron chi connectivity index (χ3n) is 3.89. The van der Waals surface area contributed by atoms with Crippen LogP contribution in [0.2, 0.25) is 0 Å². The molecule has 0 saturated heterocycles. The zero-order valence-electron chi connectivity index (χ0n) is 13.3. The second-order valence-electron chi connectivity index (χ2n) is 7.53. The normalized spacial score (nSPS) is 17.4. The summed E-state index contributed by atoms with van der Waals surface area (Å²) in [5.41, 5.74) is -2.17. The first kappa shape index (κ1) is 16.7. The highest BCUT2D eigenvalue weighted by Gasteiger charge is 2.57. The van der Waals surface area contributed by atoms with Crippen LogP contribution in [0.1, 0.15) is 53.0 Å². The number of carboxylic acid groups (broad SMARTS) is 1. The number of aliphatic carboxylic acids is 1. The second-order valence-corrected chi connectivity index (χ2v) is 7.53. The molecule has 112 valence electrons. The molecule has 1 aromatic rings. The number of aliphatic hydroxyl groups is 1. The van der Waals surface area contributed by atoms with Crippen molar-refractivity contribution in [3.63, 3.8) is 0 Å².